The van der Waals surface area contributed by atoms with Gasteiger partial charge in [0.2, 0.25) is 5.75 Å². The van der Waals surface area contributed by atoms with E-state index in [1.807, 2.05) is 18.2 Å². The number of halogens is 1. The molecule has 7 heteroatoms. The SMILES string of the molecule is C/C=C/C(=O)N(Cc1ccc(OC)c(Br)c1)c1cc(OC)c(OC)c(OC)c1. The van der Waals surface area contributed by atoms with Gasteiger partial charge in [0.25, 0.3) is 5.91 Å². The number of hydrogen-bond donors (Lipinski definition) is 0. The Kier molecular flexibility index (Phi) is 7.75. The van der Waals surface area contributed by atoms with Gasteiger partial charge in [0.1, 0.15) is 5.75 Å². The quantitative estimate of drug-likeness (QED) is 0.551. The average Bonchev–Trinajstić information content (AvgIpc) is 2.71. The summed E-state index contributed by atoms with van der Waals surface area (Å²) < 4.78 is 22.3. The third kappa shape index (κ3) is 4.78. The molecule has 1 amide bonds. The molecular formula is C21H24BrNO5. The first kappa shape index (κ1) is 21.6. The first-order valence-corrected chi connectivity index (χ1v) is 9.34. The van der Waals surface area contributed by atoms with Crippen molar-refractivity contribution in [2.75, 3.05) is 33.3 Å². The van der Waals surface area contributed by atoms with Crippen molar-refractivity contribution in [2.24, 2.45) is 0 Å². The maximum atomic E-state index is 12.8. The molecule has 0 heterocycles. The molecule has 2 rings (SSSR count). The number of amides is 1. The van der Waals surface area contributed by atoms with Crippen LogP contribution in [-0.4, -0.2) is 34.3 Å². The monoisotopic (exact) mass is 449 g/mol. The Labute approximate surface area is 173 Å². The zero-order valence-electron chi connectivity index (χ0n) is 16.6. The van der Waals surface area contributed by atoms with Gasteiger partial charge in [0.15, 0.2) is 11.5 Å². The van der Waals surface area contributed by atoms with Gasteiger partial charge in [-0.15, -0.1) is 0 Å². The van der Waals surface area contributed by atoms with Crippen LogP contribution in [0.15, 0.2) is 47.0 Å². The van der Waals surface area contributed by atoms with Crippen molar-refractivity contribution in [3.8, 4) is 23.0 Å². The van der Waals surface area contributed by atoms with E-state index in [4.69, 9.17) is 18.9 Å². The molecule has 0 spiro atoms. The minimum atomic E-state index is -0.163. The van der Waals surface area contributed by atoms with Crippen LogP contribution in [0, 0.1) is 0 Å². The predicted octanol–water partition coefficient (Wildman–Crippen LogP) is 4.59. The van der Waals surface area contributed by atoms with E-state index >= 15 is 0 Å². The van der Waals surface area contributed by atoms with Crippen LogP contribution in [0.5, 0.6) is 23.0 Å². The first-order valence-electron chi connectivity index (χ1n) is 8.55. The average molecular weight is 450 g/mol. The molecule has 0 radical (unpaired) electrons. The van der Waals surface area contributed by atoms with Crippen molar-refractivity contribution < 1.29 is 23.7 Å². The van der Waals surface area contributed by atoms with Crippen LogP contribution < -0.4 is 23.8 Å². The summed E-state index contributed by atoms with van der Waals surface area (Å²) in [6.45, 7) is 2.15. The van der Waals surface area contributed by atoms with E-state index in [2.05, 4.69) is 15.9 Å². The number of nitrogens with zero attached hydrogens (tertiary/aromatic N) is 1. The highest BCUT2D eigenvalue weighted by molar-refractivity contribution is 9.10. The van der Waals surface area contributed by atoms with Crippen LogP contribution in [0.1, 0.15) is 12.5 Å². The van der Waals surface area contributed by atoms with Crippen LogP contribution in [-0.2, 0) is 11.3 Å². The summed E-state index contributed by atoms with van der Waals surface area (Å²) in [5.41, 5.74) is 1.56. The lowest BCUT2D eigenvalue weighted by Gasteiger charge is -2.24. The molecule has 0 aliphatic rings. The van der Waals surface area contributed by atoms with Crippen molar-refractivity contribution in [1.82, 2.24) is 0 Å². The number of methoxy groups -OCH3 is 4. The number of carbonyl (C=O) groups is 1. The van der Waals surface area contributed by atoms with E-state index in [0.717, 1.165) is 15.8 Å². The Bertz CT molecular complexity index is 841. The number of carbonyl (C=O) groups excluding carboxylic acids is 1. The van der Waals surface area contributed by atoms with Gasteiger partial charge < -0.3 is 23.8 Å². The zero-order chi connectivity index (χ0) is 20.7. The van der Waals surface area contributed by atoms with Gasteiger partial charge in [-0.1, -0.05) is 12.1 Å². The van der Waals surface area contributed by atoms with Gasteiger partial charge in [0, 0.05) is 12.1 Å². The predicted molar refractivity (Wildman–Crippen MR) is 113 cm³/mol. The van der Waals surface area contributed by atoms with Gasteiger partial charge in [-0.25, -0.2) is 0 Å². The molecule has 0 aliphatic carbocycles. The molecule has 0 bridgehead atoms. The number of ether oxygens (including phenoxy) is 4. The minimum Gasteiger partial charge on any atom is -0.496 e. The number of rotatable bonds is 8. The molecule has 0 saturated carbocycles. The molecule has 2 aromatic carbocycles. The summed E-state index contributed by atoms with van der Waals surface area (Å²) in [7, 11) is 6.23. The van der Waals surface area contributed by atoms with Crippen LogP contribution in [0.25, 0.3) is 0 Å². The highest BCUT2D eigenvalue weighted by Crippen LogP contribution is 2.41. The summed E-state index contributed by atoms with van der Waals surface area (Å²) in [5, 5.41) is 0. The van der Waals surface area contributed by atoms with Gasteiger partial charge in [0.05, 0.1) is 45.1 Å². The topological polar surface area (TPSA) is 57.2 Å². The standard InChI is InChI=1S/C21H24BrNO5/c1-6-7-20(24)23(13-14-8-9-17(25-2)16(22)10-14)15-11-18(26-3)21(28-5)19(12-15)27-4/h6-12H,13H2,1-5H3/b7-6+. The Hall–Kier alpha value is -2.67. The molecular weight excluding hydrogens is 426 g/mol. The van der Waals surface area contributed by atoms with Crippen molar-refractivity contribution in [3.63, 3.8) is 0 Å². The summed E-state index contributed by atoms with van der Waals surface area (Å²) in [6.07, 6.45) is 3.22. The fraction of sp³-hybridized carbons (Fsp3) is 0.286. The van der Waals surface area contributed by atoms with Crippen LogP contribution >= 0.6 is 15.9 Å². The molecule has 0 aromatic heterocycles. The largest absolute Gasteiger partial charge is 0.496 e. The van der Waals surface area contributed by atoms with Gasteiger partial charge in [-0.05, 0) is 46.6 Å². The maximum absolute atomic E-state index is 12.8. The first-order chi connectivity index (χ1) is 13.5. The molecule has 0 unspecified atom stereocenters. The Morgan fingerprint density at radius 1 is 0.964 bits per heavy atom. The molecule has 2 aromatic rings. The molecule has 0 N–H and O–H groups in total. The van der Waals surface area contributed by atoms with Crippen molar-refractivity contribution in [2.45, 2.75) is 13.5 Å². The Morgan fingerprint density at radius 3 is 2.04 bits per heavy atom. The van der Waals surface area contributed by atoms with Gasteiger partial charge >= 0.3 is 0 Å². The van der Waals surface area contributed by atoms with Crippen molar-refractivity contribution in [3.05, 3.63) is 52.5 Å². The lowest BCUT2D eigenvalue weighted by atomic mass is 10.1. The fourth-order valence-electron chi connectivity index (χ4n) is 2.74. The van der Waals surface area contributed by atoms with Crippen LogP contribution in [0.3, 0.4) is 0 Å². The number of allylic oxidation sites excluding steroid dienone is 1. The third-order valence-corrected chi connectivity index (χ3v) is 4.71. The maximum Gasteiger partial charge on any atom is 0.250 e. The Balaban J connectivity index is 2.52. The van der Waals surface area contributed by atoms with E-state index in [1.54, 1.807) is 51.4 Å². The fourth-order valence-corrected chi connectivity index (χ4v) is 3.33. The molecule has 0 aliphatic heterocycles. The molecule has 6 nitrogen and oxygen atoms in total. The third-order valence-electron chi connectivity index (χ3n) is 4.09. The number of anilines is 1. The van der Waals surface area contributed by atoms with E-state index in [-0.39, 0.29) is 5.91 Å². The second-order valence-corrected chi connectivity index (χ2v) is 6.63. The van der Waals surface area contributed by atoms with Gasteiger partial charge in [-0.2, -0.15) is 0 Å². The Morgan fingerprint density at radius 2 is 1.57 bits per heavy atom. The van der Waals surface area contributed by atoms with Crippen LogP contribution in [0.2, 0.25) is 0 Å². The highest BCUT2D eigenvalue weighted by Gasteiger charge is 2.20. The van der Waals surface area contributed by atoms with Crippen molar-refractivity contribution >= 4 is 27.5 Å². The van der Waals surface area contributed by atoms with Crippen LogP contribution in [0.4, 0.5) is 5.69 Å². The second-order valence-electron chi connectivity index (χ2n) is 5.78. The lowest BCUT2D eigenvalue weighted by molar-refractivity contribution is -0.114. The summed E-state index contributed by atoms with van der Waals surface area (Å²) in [6, 6.07) is 9.19. The summed E-state index contributed by atoms with van der Waals surface area (Å²) in [4.78, 5) is 14.4. The normalized spacial score (nSPS) is 10.6. The molecule has 0 fully saturated rings. The van der Waals surface area contributed by atoms with E-state index in [9.17, 15) is 4.79 Å². The summed E-state index contributed by atoms with van der Waals surface area (Å²) in [5.74, 6) is 1.99. The second kappa shape index (κ2) is 10.0. The zero-order valence-corrected chi connectivity index (χ0v) is 18.2. The highest BCUT2D eigenvalue weighted by atomic mass is 79.9. The van der Waals surface area contributed by atoms with Gasteiger partial charge in [-0.3, -0.25) is 4.79 Å². The molecule has 0 saturated heterocycles. The van der Waals surface area contributed by atoms with E-state index in [0.29, 0.717) is 29.5 Å². The molecule has 0 atom stereocenters. The van der Waals surface area contributed by atoms with Crippen molar-refractivity contribution in [1.29, 1.82) is 0 Å². The number of benzene rings is 2. The van der Waals surface area contributed by atoms with E-state index in [1.165, 1.54) is 13.2 Å². The smallest absolute Gasteiger partial charge is 0.250 e. The number of hydrogen-bond acceptors (Lipinski definition) is 5. The molecule has 150 valence electrons. The summed E-state index contributed by atoms with van der Waals surface area (Å²) >= 11 is 3.49. The minimum absolute atomic E-state index is 0.163. The lowest BCUT2D eigenvalue weighted by Crippen LogP contribution is -2.28. The molecule has 28 heavy (non-hydrogen) atoms. The van der Waals surface area contributed by atoms with E-state index < -0.39 is 0 Å².